The number of halogens is 1. The summed E-state index contributed by atoms with van der Waals surface area (Å²) in [5.74, 6) is -0.400. The average molecular weight is 373 g/mol. The van der Waals surface area contributed by atoms with Gasteiger partial charge in [0, 0.05) is 11.6 Å². The molecule has 132 valence electrons. The van der Waals surface area contributed by atoms with Crippen LogP contribution >= 0.6 is 11.6 Å². The summed E-state index contributed by atoms with van der Waals surface area (Å²) in [6.45, 7) is 1.57. The third-order valence-corrected chi connectivity index (χ3v) is 3.94. The van der Waals surface area contributed by atoms with Gasteiger partial charge in [-0.15, -0.1) is 5.10 Å². The zero-order chi connectivity index (χ0) is 18.7. The first-order valence-electron chi connectivity index (χ1n) is 7.51. The summed E-state index contributed by atoms with van der Waals surface area (Å²) in [5.41, 5.74) is 4.49. The minimum Gasteiger partial charge on any atom is -0.271 e. The van der Waals surface area contributed by atoms with Crippen LogP contribution in [0.3, 0.4) is 0 Å². The number of nitrogens with zero attached hydrogens (tertiary/aromatic N) is 5. The Hall–Kier alpha value is -3.33. The third kappa shape index (κ3) is 3.67. The summed E-state index contributed by atoms with van der Waals surface area (Å²) >= 11 is 5.78. The van der Waals surface area contributed by atoms with E-state index >= 15 is 0 Å². The molecule has 10 heteroatoms. The number of para-hydroxylation sites is 1. The molecule has 0 aliphatic carbocycles. The second-order valence-electron chi connectivity index (χ2n) is 5.39. The standard InChI is InChI=1S/C16H13ClN6O3/c1-10(11-6-7-12(17)15(8-11)23(25)26)18-20-16(24)9-22-14-5-3-2-4-13(14)19-21-22/h2-8H,9H2,1H3,(H,20,24)/b18-10-. The van der Waals surface area contributed by atoms with E-state index in [4.69, 9.17) is 11.6 Å². The highest BCUT2D eigenvalue weighted by atomic mass is 35.5. The van der Waals surface area contributed by atoms with Crippen molar-refractivity contribution in [3.63, 3.8) is 0 Å². The maximum absolute atomic E-state index is 12.1. The van der Waals surface area contributed by atoms with Gasteiger partial charge in [-0.1, -0.05) is 35.0 Å². The summed E-state index contributed by atoms with van der Waals surface area (Å²) in [6, 6.07) is 11.6. The lowest BCUT2D eigenvalue weighted by Gasteiger charge is -2.04. The molecule has 0 radical (unpaired) electrons. The highest BCUT2D eigenvalue weighted by molar-refractivity contribution is 6.32. The van der Waals surface area contributed by atoms with Crippen LogP contribution in [-0.2, 0) is 11.3 Å². The number of hydrogen-bond donors (Lipinski definition) is 1. The van der Waals surface area contributed by atoms with Gasteiger partial charge in [-0.2, -0.15) is 5.10 Å². The molecule has 1 N–H and O–H groups in total. The molecule has 0 unspecified atom stereocenters. The molecule has 26 heavy (non-hydrogen) atoms. The predicted octanol–water partition coefficient (Wildman–Crippen LogP) is 2.53. The van der Waals surface area contributed by atoms with Gasteiger partial charge in [-0.25, -0.2) is 10.1 Å². The van der Waals surface area contributed by atoms with Gasteiger partial charge in [0.15, 0.2) is 0 Å². The Kier molecular flexibility index (Phi) is 4.90. The van der Waals surface area contributed by atoms with Crippen molar-refractivity contribution in [2.75, 3.05) is 0 Å². The summed E-state index contributed by atoms with van der Waals surface area (Å²) in [4.78, 5) is 22.5. The van der Waals surface area contributed by atoms with E-state index in [0.717, 1.165) is 5.52 Å². The fourth-order valence-corrected chi connectivity index (χ4v) is 2.48. The summed E-state index contributed by atoms with van der Waals surface area (Å²) < 4.78 is 1.46. The fraction of sp³-hybridized carbons (Fsp3) is 0.125. The van der Waals surface area contributed by atoms with Crippen molar-refractivity contribution in [1.29, 1.82) is 0 Å². The smallest absolute Gasteiger partial charge is 0.271 e. The van der Waals surface area contributed by atoms with Crippen LogP contribution in [0, 0.1) is 10.1 Å². The van der Waals surface area contributed by atoms with E-state index in [-0.39, 0.29) is 17.3 Å². The van der Waals surface area contributed by atoms with E-state index < -0.39 is 10.8 Å². The van der Waals surface area contributed by atoms with Crippen molar-refractivity contribution < 1.29 is 9.72 Å². The molecule has 9 nitrogen and oxygen atoms in total. The van der Waals surface area contributed by atoms with Crippen LogP contribution in [0.1, 0.15) is 12.5 Å². The molecular weight excluding hydrogens is 360 g/mol. The Morgan fingerprint density at radius 3 is 2.88 bits per heavy atom. The van der Waals surface area contributed by atoms with E-state index in [2.05, 4.69) is 20.8 Å². The molecule has 0 fully saturated rings. The van der Waals surface area contributed by atoms with Crippen molar-refractivity contribution in [3.8, 4) is 0 Å². The molecule has 1 heterocycles. The van der Waals surface area contributed by atoms with Gasteiger partial charge in [0.1, 0.15) is 17.1 Å². The number of hydrogen-bond acceptors (Lipinski definition) is 6. The maximum atomic E-state index is 12.1. The number of carbonyl (C=O) groups excluding carboxylic acids is 1. The molecule has 3 rings (SSSR count). The Morgan fingerprint density at radius 1 is 1.35 bits per heavy atom. The number of benzene rings is 2. The van der Waals surface area contributed by atoms with E-state index in [1.54, 1.807) is 19.1 Å². The van der Waals surface area contributed by atoms with Crippen molar-refractivity contribution in [2.24, 2.45) is 5.10 Å². The van der Waals surface area contributed by atoms with E-state index in [0.29, 0.717) is 16.8 Å². The van der Waals surface area contributed by atoms with Crippen LogP contribution < -0.4 is 5.43 Å². The van der Waals surface area contributed by atoms with Crippen LogP contribution in [-0.4, -0.2) is 31.5 Å². The molecule has 1 aromatic heterocycles. The lowest BCUT2D eigenvalue weighted by atomic mass is 10.1. The Balaban J connectivity index is 1.72. The number of hydrazone groups is 1. The van der Waals surface area contributed by atoms with Crippen LogP contribution in [0.2, 0.25) is 5.02 Å². The summed E-state index contributed by atoms with van der Waals surface area (Å²) in [5, 5.41) is 22.9. The number of nitro groups is 1. The zero-order valence-corrected chi connectivity index (χ0v) is 14.3. The minimum atomic E-state index is -0.576. The van der Waals surface area contributed by atoms with Gasteiger partial charge in [0.25, 0.3) is 11.6 Å². The molecule has 0 aliphatic heterocycles. The monoisotopic (exact) mass is 372 g/mol. The van der Waals surface area contributed by atoms with Gasteiger partial charge in [0.2, 0.25) is 0 Å². The van der Waals surface area contributed by atoms with Crippen molar-refractivity contribution >= 4 is 39.9 Å². The minimum absolute atomic E-state index is 0.0358. The normalized spacial score (nSPS) is 11.5. The quantitative estimate of drug-likeness (QED) is 0.419. The number of rotatable bonds is 5. The number of nitrogens with one attached hydrogen (secondary N) is 1. The van der Waals surface area contributed by atoms with Crippen LogP contribution in [0.4, 0.5) is 5.69 Å². The summed E-state index contributed by atoms with van der Waals surface area (Å²) in [6.07, 6.45) is 0. The highest BCUT2D eigenvalue weighted by Crippen LogP contribution is 2.25. The SMILES string of the molecule is C/C(=N/NC(=O)Cn1nnc2ccccc21)c1ccc(Cl)c([N+](=O)[O-])c1. The van der Waals surface area contributed by atoms with E-state index in [1.165, 1.54) is 16.8 Å². The van der Waals surface area contributed by atoms with Gasteiger partial charge in [-0.05, 0) is 25.1 Å². The second-order valence-corrected chi connectivity index (χ2v) is 5.80. The fourth-order valence-electron chi connectivity index (χ4n) is 2.29. The molecule has 0 aliphatic rings. The number of amides is 1. The molecule has 1 amide bonds. The molecule has 0 atom stereocenters. The molecule has 0 bridgehead atoms. The molecule has 3 aromatic rings. The highest BCUT2D eigenvalue weighted by Gasteiger charge is 2.14. The molecule has 0 saturated carbocycles. The van der Waals surface area contributed by atoms with Gasteiger partial charge in [0.05, 0.1) is 16.2 Å². The Labute approximate surface area is 152 Å². The van der Waals surface area contributed by atoms with Crippen LogP contribution in [0.25, 0.3) is 11.0 Å². The lowest BCUT2D eigenvalue weighted by Crippen LogP contribution is -2.24. The van der Waals surface area contributed by atoms with E-state index in [9.17, 15) is 14.9 Å². The topological polar surface area (TPSA) is 115 Å². The van der Waals surface area contributed by atoms with Gasteiger partial charge < -0.3 is 0 Å². The summed E-state index contributed by atoms with van der Waals surface area (Å²) in [7, 11) is 0. The Bertz CT molecular complexity index is 1030. The lowest BCUT2D eigenvalue weighted by molar-refractivity contribution is -0.384. The second kappa shape index (κ2) is 7.28. The van der Waals surface area contributed by atoms with Gasteiger partial charge in [-0.3, -0.25) is 14.9 Å². The first kappa shape index (κ1) is 17.5. The first-order valence-corrected chi connectivity index (χ1v) is 7.89. The van der Waals surface area contributed by atoms with Crippen LogP contribution in [0.15, 0.2) is 47.6 Å². The number of carbonyl (C=O) groups is 1. The number of nitro benzene ring substituents is 1. The van der Waals surface area contributed by atoms with Gasteiger partial charge >= 0.3 is 0 Å². The third-order valence-electron chi connectivity index (χ3n) is 3.62. The van der Waals surface area contributed by atoms with Crippen molar-refractivity contribution in [2.45, 2.75) is 13.5 Å². The van der Waals surface area contributed by atoms with Crippen LogP contribution in [0.5, 0.6) is 0 Å². The zero-order valence-electron chi connectivity index (χ0n) is 13.6. The maximum Gasteiger partial charge on any atom is 0.288 e. The molecule has 0 saturated heterocycles. The average Bonchev–Trinajstić information content (AvgIpc) is 3.03. The Morgan fingerprint density at radius 2 is 2.12 bits per heavy atom. The van der Waals surface area contributed by atoms with Crippen molar-refractivity contribution in [3.05, 3.63) is 63.2 Å². The first-order chi connectivity index (χ1) is 12.5. The number of aromatic nitrogens is 3. The number of fused-ring (bicyclic) bond motifs is 1. The molecular formula is C16H13ClN6O3. The van der Waals surface area contributed by atoms with Crippen molar-refractivity contribution in [1.82, 2.24) is 20.4 Å². The molecule has 2 aromatic carbocycles. The predicted molar refractivity (Wildman–Crippen MR) is 96.0 cm³/mol. The molecule has 0 spiro atoms. The largest absolute Gasteiger partial charge is 0.288 e. The van der Waals surface area contributed by atoms with E-state index in [1.807, 2.05) is 18.2 Å².